The predicted octanol–water partition coefficient (Wildman–Crippen LogP) is -1.52. The Hall–Kier alpha value is 5.63. The van der Waals surface area contributed by atoms with Crippen LogP contribution in [0, 0.1) is 41.7 Å². The summed E-state index contributed by atoms with van der Waals surface area (Å²) in [6, 6.07) is 0. The molecule has 10 radical (unpaired) electrons. The first kappa shape index (κ1) is 31.1. The smallest absolute Gasteiger partial charge is 0 e. The topological polar surface area (TPSA) is 0 Å². The fourth-order valence-corrected chi connectivity index (χ4v) is 0. The zero-order chi connectivity index (χ0) is 0. The standard InChI is InChI=1S/Ba.Bi.Ce.Na.Sn. The Morgan fingerprint density at radius 1 is 1.00 bits per heavy atom. The van der Waals surface area contributed by atoms with Gasteiger partial charge in [0.05, 0.1) is 0 Å². The zero-order valence-corrected chi connectivity index (χ0v) is 19.1. The Labute approximate surface area is 165 Å². The van der Waals surface area contributed by atoms with Gasteiger partial charge in [-0.25, -0.2) is 0 Å². The molecule has 0 amide bonds. The second-order valence-electron chi connectivity index (χ2n) is 0. The van der Waals surface area contributed by atoms with Crippen LogP contribution < -0.4 is 0 Å². The maximum absolute atomic E-state index is 0. The molecule has 16 valence electrons. The minimum Gasteiger partial charge on any atom is 0 e. The van der Waals surface area contributed by atoms with Gasteiger partial charge in [-0.2, -0.15) is 0 Å². The van der Waals surface area contributed by atoms with Gasteiger partial charge in [0.2, 0.25) is 0 Å². The molecule has 0 aromatic carbocycles. The van der Waals surface area contributed by atoms with Crippen molar-refractivity contribution in [1.29, 1.82) is 0 Å². The van der Waals surface area contributed by atoms with Crippen LogP contribution >= 0.6 is 0 Å². The van der Waals surface area contributed by atoms with Gasteiger partial charge in [0, 0.05) is 170 Å². The third-order valence-corrected chi connectivity index (χ3v) is 0. The van der Waals surface area contributed by atoms with Crippen molar-refractivity contribution >= 4 is 129 Å². The summed E-state index contributed by atoms with van der Waals surface area (Å²) in [5.74, 6) is 0. The van der Waals surface area contributed by atoms with Crippen LogP contribution in [0.4, 0.5) is 0 Å². The van der Waals surface area contributed by atoms with E-state index in [2.05, 4.69) is 0 Å². The predicted molar refractivity (Wildman–Crippen MR) is 23.0 cm³/mol. The van der Waals surface area contributed by atoms with E-state index in [1.807, 2.05) is 0 Å². The monoisotopic (exact) mass is 630 g/mol. The first-order chi connectivity index (χ1) is 0. The molecule has 0 aliphatic carbocycles. The van der Waals surface area contributed by atoms with Crippen molar-refractivity contribution < 1.29 is 41.7 Å². The molecular formula is BaBiCeNaSn. The van der Waals surface area contributed by atoms with E-state index < -0.39 is 0 Å². The number of hydrogen-bond acceptors (Lipinski definition) is 0. The van der Waals surface area contributed by atoms with Gasteiger partial charge in [0.15, 0.2) is 0 Å². The van der Waals surface area contributed by atoms with Crippen LogP contribution in [0.3, 0.4) is 0 Å². The van der Waals surface area contributed by atoms with E-state index in [0.29, 0.717) is 0 Å². The second kappa shape index (κ2) is 22.6. The molecule has 0 rings (SSSR count). The van der Waals surface area contributed by atoms with Crippen molar-refractivity contribution in [2.24, 2.45) is 0 Å². The Kier molecular flexibility index (Phi) is 141. The fourth-order valence-electron chi connectivity index (χ4n) is 0. The molecule has 0 nitrogen and oxygen atoms in total. The third-order valence-electron chi connectivity index (χ3n) is 0. The minimum absolute atomic E-state index is 0. The molecule has 5 heteroatoms. The SMILES string of the molecule is [Ba].[Bi].[Ce].[Na].[Sn]. The normalized spacial score (nSPS) is 0. The van der Waals surface area contributed by atoms with Crippen LogP contribution in [0.25, 0.3) is 0 Å². The van der Waals surface area contributed by atoms with E-state index in [0.717, 1.165) is 0 Å². The van der Waals surface area contributed by atoms with Crippen molar-refractivity contribution in [1.82, 2.24) is 0 Å². The average Bonchev–Trinajstić information content (AvgIpc) is 0. The summed E-state index contributed by atoms with van der Waals surface area (Å²) >= 11 is 0. The molecule has 0 fully saturated rings. The minimum atomic E-state index is 0. The zero-order valence-electron chi connectivity index (χ0n) is 3.15. The van der Waals surface area contributed by atoms with Crippen LogP contribution in [-0.2, 0) is 0 Å². The van der Waals surface area contributed by atoms with Crippen LogP contribution in [0.1, 0.15) is 0 Å². The van der Waals surface area contributed by atoms with Gasteiger partial charge >= 0.3 is 0 Å². The van der Waals surface area contributed by atoms with Gasteiger partial charge in [-0.05, 0) is 0 Å². The van der Waals surface area contributed by atoms with E-state index >= 15 is 0 Å². The van der Waals surface area contributed by atoms with Crippen LogP contribution in [0.2, 0.25) is 0 Å². The molecule has 0 aliphatic rings. The first-order valence-corrected chi connectivity index (χ1v) is 0. The van der Waals surface area contributed by atoms with Crippen molar-refractivity contribution in [2.45, 2.75) is 0 Å². The van der Waals surface area contributed by atoms with Gasteiger partial charge < -0.3 is 0 Å². The summed E-state index contributed by atoms with van der Waals surface area (Å²) < 4.78 is 0. The molecule has 5 heavy (non-hydrogen) atoms. The Morgan fingerprint density at radius 2 is 1.00 bits per heavy atom. The van der Waals surface area contributed by atoms with E-state index in [1.165, 1.54) is 0 Å². The van der Waals surface area contributed by atoms with Crippen molar-refractivity contribution in [2.75, 3.05) is 0 Å². The number of rotatable bonds is 0. The molecule has 0 aliphatic heterocycles. The van der Waals surface area contributed by atoms with E-state index in [4.69, 9.17) is 0 Å². The van der Waals surface area contributed by atoms with Crippen molar-refractivity contribution in [3.05, 3.63) is 0 Å². The molecule has 0 heterocycles. The molecular weight excluding hydrogens is 628 g/mol. The van der Waals surface area contributed by atoms with Gasteiger partial charge in [-0.1, -0.05) is 0 Å². The molecule has 0 saturated carbocycles. The fraction of sp³-hybridized carbons (Fsp3) is 0. The summed E-state index contributed by atoms with van der Waals surface area (Å²) in [6.07, 6.45) is 0. The van der Waals surface area contributed by atoms with E-state index in [9.17, 15) is 0 Å². The second-order valence-corrected chi connectivity index (χ2v) is 0. The molecule has 0 bridgehead atoms. The summed E-state index contributed by atoms with van der Waals surface area (Å²) in [7, 11) is 0. The van der Waals surface area contributed by atoms with Gasteiger partial charge in [0.1, 0.15) is 0 Å². The number of hydrogen-bond donors (Lipinski definition) is 0. The Morgan fingerprint density at radius 3 is 1.00 bits per heavy atom. The van der Waals surface area contributed by atoms with Gasteiger partial charge in [-0.15, -0.1) is 0 Å². The van der Waals surface area contributed by atoms with Crippen LogP contribution in [-0.4, -0.2) is 129 Å². The molecule has 0 N–H and O–H groups in total. The molecule has 0 atom stereocenters. The van der Waals surface area contributed by atoms with Crippen molar-refractivity contribution in [3.8, 4) is 0 Å². The Balaban J connectivity index is 0. The summed E-state index contributed by atoms with van der Waals surface area (Å²) in [4.78, 5) is 0. The average molecular weight is 628 g/mol. The quantitative estimate of drug-likeness (QED) is 0.287. The molecule has 0 unspecified atom stereocenters. The first-order valence-electron chi connectivity index (χ1n) is 0. The maximum Gasteiger partial charge on any atom is 0 e. The van der Waals surface area contributed by atoms with E-state index in [1.54, 1.807) is 0 Å². The maximum atomic E-state index is 0. The molecule has 0 aromatic heterocycles. The van der Waals surface area contributed by atoms with E-state index in [-0.39, 0.29) is 170 Å². The van der Waals surface area contributed by atoms with Crippen molar-refractivity contribution in [3.63, 3.8) is 0 Å². The molecule has 0 saturated heterocycles. The van der Waals surface area contributed by atoms with Crippen LogP contribution in [0.5, 0.6) is 0 Å². The largest absolute Gasteiger partial charge is 0 e. The summed E-state index contributed by atoms with van der Waals surface area (Å²) in [5.41, 5.74) is 0. The third kappa shape index (κ3) is 17.7. The molecule has 0 spiro atoms. The summed E-state index contributed by atoms with van der Waals surface area (Å²) in [6.45, 7) is 0. The molecule has 0 aromatic rings. The van der Waals surface area contributed by atoms with Gasteiger partial charge in [-0.3, -0.25) is 0 Å². The summed E-state index contributed by atoms with van der Waals surface area (Å²) in [5, 5.41) is 0. The Bertz CT molecular complexity index is 11.6. The van der Waals surface area contributed by atoms with Crippen LogP contribution in [0.15, 0.2) is 0 Å². The van der Waals surface area contributed by atoms with Gasteiger partial charge in [0.25, 0.3) is 0 Å².